The van der Waals surface area contributed by atoms with Gasteiger partial charge in [0, 0.05) is 35.0 Å². The molecule has 2 aromatic carbocycles. The molecule has 0 aliphatic carbocycles. The van der Waals surface area contributed by atoms with Gasteiger partial charge in [-0.1, -0.05) is 36.5 Å². The van der Waals surface area contributed by atoms with Crippen LogP contribution in [0, 0.1) is 6.92 Å². The molecule has 0 saturated heterocycles. The summed E-state index contributed by atoms with van der Waals surface area (Å²) in [5, 5.41) is 2.53. The highest BCUT2D eigenvalue weighted by Gasteiger charge is 2.25. The lowest BCUT2D eigenvalue weighted by Gasteiger charge is -2.17. The quantitative estimate of drug-likeness (QED) is 0.318. The lowest BCUT2D eigenvalue weighted by Crippen LogP contribution is -3.00. The fraction of sp³-hybridized carbons (Fsp3) is 0.174. The molecule has 2 nitrogen and oxygen atoms in total. The number of rotatable bonds is 4. The number of hydrogen-bond acceptors (Lipinski definition) is 2. The molecule has 0 fully saturated rings. The van der Waals surface area contributed by atoms with E-state index < -0.39 is 0 Å². The van der Waals surface area contributed by atoms with E-state index in [0.717, 1.165) is 13.1 Å². The summed E-state index contributed by atoms with van der Waals surface area (Å²) in [5.74, 6) is 0. The van der Waals surface area contributed by atoms with E-state index in [0.29, 0.717) is 0 Å². The van der Waals surface area contributed by atoms with E-state index in [9.17, 15) is 0 Å². The van der Waals surface area contributed by atoms with Gasteiger partial charge in [-0.15, -0.1) is 0 Å². The van der Waals surface area contributed by atoms with Crippen LogP contribution in [0.25, 0.3) is 17.0 Å². The molecule has 1 aliphatic heterocycles. The number of aryl methyl sites for hydroxylation is 1. The third-order valence-corrected chi connectivity index (χ3v) is 5.85. The van der Waals surface area contributed by atoms with Gasteiger partial charge in [-0.05, 0) is 49.8 Å². The van der Waals surface area contributed by atoms with Crippen molar-refractivity contribution in [2.24, 2.45) is 0 Å². The number of anilines is 1. The number of allylic oxidation sites excluding steroid dienone is 1. The van der Waals surface area contributed by atoms with Gasteiger partial charge in [0.05, 0.1) is 10.7 Å². The van der Waals surface area contributed by atoms with E-state index in [1.165, 1.54) is 37.8 Å². The average molecular weight is 486 g/mol. The van der Waals surface area contributed by atoms with Crippen LogP contribution >= 0.6 is 11.8 Å². The standard InChI is InChI=1S/C23H23N2S.HI/c1-4-14-25-19(12-11-18-8-6-7-9-20(18)25)16-23-24(5-2)21-13-10-17(3)15-22(21)26-23;/h4,6-13,15-16H,1,5,14H2,2-3H3;1H/q+1;/p-1. The normalized spacial score (nSPS) is 14.3. The Bertz CT molecular complexity index is 1030. The van der Waals surface area contributed by atoms with Crippen molar-refractivity contribution in [2.75, 3.05) is 11.4 Å². The van der Waals surface area contributed by atoms with Gasteiger partial charge < -0.3 is 28.9 Å². The Morgan fingerprint density at radius 3 is 2.70 bits per heavy atom. The summed E-state index contributed by atoms with van der Waals surface area (Å²) >= 11 is 1.86. The van der Waals surface area contributed by atoms with Crippen LogP contribution in [-0.4, -0.2) is 6.54 Å². The summed E-state index contributed by atoms with van der Waals surface area (Å²) in [6.45, 7) is 10.1. The first-order valence-electron chi connectivity index (χ1n) is 9.01. The number of halogens is 1. The van der Waals surface area contributed by atoms with E-state index in [-0.39, 0.29) is 24.0 Å². The lowest BCUT2D eigenvalue weighted by atomic mass is 10.1. The molecule has 0 N–H and O–H groups in total. The molecule has 3 aromatic rings. The second kappa shape index (κ2) is 8.48. The third kappa shape index (κ3) is 3.78. The predicted molar refractivity (Wildman–Crippen MR) is 112 cm³/mol. The summed E-state index contributed by atoms with van der Waals surface area (Å²) in [4.78, 5) is 3.74. The van der Waals surface area contributed by atoms with Crippen LogP contribution in [0.3, 0.4) is 0 Å². The van der Waals surface area contributed by atoms with Crippen LogP contribution in [0.5, 0.6) is 0 Å². The lowest BCUT2D eigenvalue weighted by molar-refractivity contribution is -0.662. The zero-order valence-corrected chi connectivity index (χ0v) is 18.6. The van der Waals surface area contributed by atoms with Gasteiger partial charge in [0.25, 0.3) is 0 Å². The zero-order chi connectivity index (χ0) is 18.1. The topological polar surface area (TPSA) is 7.12 Å². The summed E-state index contributed by atoms with van der Waals surface area (Å²) in [5.41, 5.74) is 5.06. The van der Waals surface area contributed by atoms with Crippen molar-refractivity contribution >= 4 is 34.4 Å². The van der Waals surface area contributed by atoms with Gasteiger partial charge in [-0.3, -0.25) is 0 Å². The van der Waals surface area contributed by atoms with E-state index in [1.807, 2.05) is 17.8 Å². The molecule has 2 heterocycles. The number of fused-ring (bicyclic) bond motifs is 2. The molecule has 0 radical (unpaired) electrons. The fourth-order valence-corrected chi connectivity index (χ4v) is 4.78. The molecule has 0 saturated carbocycles. The highest BCUT2D eigenvalue weighted by molar-refractivity contribution is 8.03. The molecular formula is C23H23IN2S. The maximum atomic E-state index is 3.95. The first-order chi connectivity index (χ1) is 12.7. The molecule has 0 spiro atoms. The molecule has 1 aromatic heterocycles. The van der Waals surface area contributed by atoms with Crippen LogP contribution in [0.15, 0.2) is 77.2 Å². The van der Waals surface area contributed by atoms with Crippen LogP contribution in [0.1, 0.15) is 18.2 Å². The van der Waals surface area contributed by atoms with Crippen LogP contribution < -0.4 is 33.4 Å². The molecular weight excluding hydrogens is 463 g/mol. The van der Waals surface area contributed by atoms with Crippen LogP contribution in [0.2, 0.25) is 0 Å². The van der Waals surface area contributed by atoms with E-state index in [2.05, 4.69) is 90.6 Å². The second-order valence-electron chi connectivity index (χ2n) is 6.52. The van der Waals surface area contributed by atoms with Gasteiger partial charge in [-0.2, -0.15) is 4.57 Å². The number of benzene rings is 2. The molecule has 0 bridgehead atoms. The molecule has 0 atom stereocenters. The SMILES string of the molecule is C=CC[n+]1c(/C=C2\Sc3cc(C)ccc3N2CC)ccc2ccccc21.[I-]. The van der Waals surface area contributed by atoms with Crippen LogP contribution in [0.4, 0.5) is 5.69 Å². The highest BCUT2D eigenvalue weighted by atomic mass is 127. The largest absolute Gasteiger partial charge is 1.00 e. The fourth-order valence-electron chi connectivity index (χ4n) is 3.51. The predicted octanol–water partition coefficient (Wildman–Crippen LogP) is 2.56. The van der Waals surface area contributed by atoms with Crippen molar-refractivity contribution in [2.45, 2.75) is 25.3 Å². The Balaban J connectivity index is 0.00000210. The monoisotopic (exact) mass is 486 g/mol. The molecule has 4 heteroatoms. The number of aromatic nitrogens is 1. The minimum absolute atomic E-state index is 0. The van der Waals surface area contributed by atoms with Gasteiger partial charge >= 0.3 is 0 Å². The first kappa shape index (κ1) is 20.0. The Hall–Kier alpha value is -1.79. The van der Waals surface area contributed by atoms with Crippen molar-refractivity contribution in [3.63, 3.8) is 0 Å². The number of thioether (sulfide) groups is 1. The van der Waals surface area contributed by atoms with Gasteiger partial charge in [0.15, 0.2) is 6.54 Å². The highest BCUT2D eigenvalue weighted by Crippen LogP contribution is 2.46. The van der Waals surface area contributed by atoms with E-state index in [1.54, 1.807) is 0 Å². The molecule has 4 rings (SSSR count). The maximum Gasteiger partial charge on any atom is 0.213 e. The molecule has 27 heavy (non-hydrogen) atoms. The van der Waals surface area contributed by atoms with Crippen molar-refractivity contribution in [3.05, 3.63) is 83.5 Å². The van der Waals surface area contributed by atoms with Crippen molar-refractivity contribution in [3.8, 4) is 0 Å². The van der Waals surface area contributed by atoms with Crippen LogP contribution in [-0.2, 0) is 6.54 Å². The smallest absolute Gasteiger partial charge is 0.213 e. The van der Waals surface area contributed by atoms with Gasteiger partial charge in [0.2, 0.25) is 11.2 Å². The van der Waals surface area contributed by atoms with Crippen molar-refractivity contribution < 1.29 is 28.5 Å². The maximum absolute atomic E-state index is 3.95. The van der Waals surface area contributed by atoms with Gasteiger partial charge in [-0.25, -0.2) is 0 Å². The third-order valence-electron chi connectivity index (χ3n) is 4.76. The molecule has 0 amide bonds. The number of hydrogen-bond donors (Lipinski definition) is 0. The van der Waals surface area contributed by atoms with Crippen molar-refractivity contribution in [1.29, 1.82) is 0 Å². The Morgan fingerprint density at radius 1 is 1.11 bits per heavy atom. The molecule has 138 valence electrons. The first-order valence-corrected chi connectivity index (χ1v) is 9.83. The number of para-hydroxylation sites is 1. The number of nitrogens with zero attached hydrogens (tertiary/aromatic N) is 2. The molecule has 0 unspecified atom stereocenters. The summed E-state index contributed by atoms with van der Waals surface area (Å²) in [6, 6.07) is 19.6. The minimum atomic E-state index is 0. The minimum Gasteiger partial charge on any atom is -1.00 e. The molecule has 1 aliphatic rings. The second-order valence-corrected chi connectivity index (χ2v) is 7.58. The number of pyridine rings is 1. The average Bonchev–Trinajstić information content (AvgIpc) is 2.99. The summed E-state index contributed by atoms with van der Waals surface area (Å²) < 4.78 is 2.33. The van der Waals surface area contributed by atoms with Gasteiger partial charge in [0.1, 0.15) is 0 Å². The summed E-state index contributed by atoms with van der Waals surface area (Å²) in [7, 11) is 0. The zero-order valence-electron chi connectivity index (χ0n) is 15.7. The Morgan fingerprint density at radius 2 is 1.93 bits per heavy atom. The van der Waals surface area contributed by atoms with Crippen molar-refractivity contribution in [1.82, 2.24) is 0 Å². The Labute approximate surface area is 182 Å². The van der Waals surface area contributed by atoms with E-state index in [4.69, 9.17) is 0 Å². The Kier molecular flexibility index (Phi) is 6.27. The van der Waals surface area contributed by atoms with E-state index >= 15 is 0 Å². The summed E-state index contributed by atoms with van der Waals surface area (Å²) in [6.07, 6.45) is 4.27.